The smallest absolute Gasteiger partial charge is 0.335 e. The summed E-state index contributed by atoms with van der Waals surface area (Å²) >= 11 is 0. The van der Waals surface area contributed by atoms with Gasteiger partial charge >= 0.3 is 5.97 Å². The van der Waals surface area contributed by atoms with Crippen molar-refractivity contribution < 1.29 is 24.2 Å². The number of hydrogen-bond acceptors (Lipinski definition) is 9. The number of imidazole rings is 2. The van der Waals surface area contributed by atoms with Crippen LogP contribution in [-0.2, 0) is 33.5 Å². The summed E-state index contributed by atoms with van der Waals surface area (Å²) in [4.78, 5) is 43.4. The van der Waals surface area contributed by atoms with E-state index in [0.717, 1.165) is 112 Å². The highest BCUT2D eigenvalue weighted by atomic mass is 35.5. The predicted octanol–water partition coefficient (Wildman–Crippen LogP) is 11.0. The van der Waals surface area contributed by atoms with Gasteiger partial charge in [-0.05, 0) is 148 Å². The summed E-state index contributed by atoms with van der Waals surface area (Å²) in [6.45, 7) is 22.4. The van der Waals surface area contributed by atoms with E-state index in [-0.39, 0.29) is 29.1 Å². The van der Waals surface area contributed by atoms with Crippen molar-refractivity contribution in [3.05, 3.63) is 151 Å². The lowest BCUT2D eigenvalue weighted by Crippen LogP contribution is -2.38. The number of ether oxygens (including phenoxy) is 2. The number of piperidine rings is 2. The molecular weight excluding hydrogens is 924 g/mol. The van der Waals surface area contributed by atoms with Crippen molar-refractivity contribution in [1.29, 1.82) is 10.5 Å². The number of nitriles is 2. The van der Waals surface area contributed by atoms with Crippen LogP contribution in [0.4, 0.5) is 0 Å². The van der Waals surface area contributed by atoms with Crippen LogP contribution in [0.25, 0.3) is 22.8 Å². The first-order chi connectivity index (χ1) is 34.0. The molecule has 1 amide bonds. The number of rotatable bonds is 6. The van der Waals surface area contributed by atoms with Crippen molar-refractivity contribution in [2.24, 2.45) is 0 Å². The van der Waals surface area contributed by atoms with Gasteiger partial charge in [-0.15, -0.1) is 12.4 Å². The van der Waals surface area contributed by atoms with Gasteiger partial charge in [-0.3, -0.25) is 4.79 Å². The van der Waals surface area contributed by atoms with Gasteiger partial charge in [-0.1, -0.05) is 64.1 Å². The first kappa shape index (κ1) is 53.2. The van der Waals surface area contributed by atoms with Crippen LogP contribution in [0.1, 0.15) is 153 Å². The summed E-state index contributed by atoms with van der Waals surface area (Å²) in [6.07, 6.45) is 4.28. The van der Waals surface area contributed by atoms with E-state index >= 15 is 0 Å². The Hall–Kier alpha value is -6.61. The number of halogens is 1. The van der Waals surface area contributed by atoms with Gasteiger partial charge in [-0.25, -0.2) is 14.8 Å². The maximum absolute atomic E-state index is 13.6. The summed E-state index contributed by atoms with van der Waals surface area (Å²) in [5.41, 5.74) is 14.5. The first-order valence-electron chi connectivity index (χ1n) is 24.8. The number of aromatic carboxylic acids is 1. The first-order valence-corrected chi connectivity index (χ1v) is 24.8. The molecule has 4 aliphatic rings. The number of amides is 1. The molecule has 0 unspecified atom stereocenters. The second kappa shape index (κ2) is 22.4. The van der Waals surface area contributed by atoms with E-state index in [1.54, 1.807) is 6.07 Å². The molecule has 4 aromatic carbocycles. The molecule has 2 aromatic heterocycles. The molecule has 4 aliphatic heterocycles. The van der Waals surface area contributed by atoms with Crippen LogP contribution in [0, 0.1) is 50.4 Å². The van der Waals surface area contributed by atoms with Gasteiger partial charge < -0.3 is 34.8 Å². The van der Waals surface area contributed by atoms with E-state index in [1.807, 2.05) is 74.2 Å². The number of likely N-dealkylation sites (tertiary alicyclic amines) is 1. The number of carboxylic acid groups (broad SMARTS) is 1. The average molecular weight is 992 g/mol. The predicted molar refractivity (Wildman–Crippen MR) is 282 cm³/mol. The zero-order chi connectivity index (χ0) is 50.6. The number of aromatic nitrogens is 4. The van der Waals surface area contributed by atoms with Crippen LogP contribution in [0.5, 0.6) is 0 Å². The lowest BCUT2D eigenvalue weighted by Gasteiger charge is -2.32. The number of benzene rings is 4. The maximum Gasteiger partial charge on any atom is 0.335 e. The standard InChI is InChI=1S/C29H32N4O2.C17H20N2O3.C12H14N2.ClH/c1-18-13-19(2)24(14-23(18)27-31-25-16-35-17-29(3,4)26(25)32-27)28(34)33-11-9-22(10-12-33)21-7-5-20(15-30)6-8-21;1-9-5-10(2)12(16(20)21)6-11(9)15-18-13-7-22-8-17(3,4)14(13)19-15;13-9-10-1-3-11(4-2-10)12-5-7-14-8-6-12;/h5-8,13-14,22H,9-12,16-17H2,1-4H3,(H,31,32);5-6H,7-8H2,1-4H3,(H,18,19)(H,20,21);1-4,12,14H,5-8H2;1H. The lowest BCUT2D eigenvalue weighted by atomic mass is 9.87. The number of hydrogen-bond donors (Lipinski definition) is 4. The molecule has 10 rings (SSSR count). The van der Waals surface area contributed by atoms with Gasteiger partial charge in [-0.2, -0.15) is 10.5 Å². The molecule has 6 aromatic rings. The number of nitrogens with zero attached hydrogens (tertiary/aromatic N) is 5. The minimum Gasteiger partial charge on any atom is -0.478 e. The van der Waals surface area contributed by atoms with Gasteiger partial charge in [0.2, 0.25) is 0 Å². The Morgan fingerprint density at radius 3 is 1.47 bits per heavy atom. The third kappa shape index (κ3) is 11.7. The highest BCUT2D eigenvalue weighted by molar-refractivity contribution is 5.97. The number of carboxylic acids is 1. The zero-order valence-electron chi connectivity index (χ0n) is 42.8. The van der Waals surface area contributed by atoms with E-state index in [2.05, 4.69) is 80.2 Å². The summed E-state index contributed by atoms with van der Waals surface area (Å²) in [7, 11) is 0. The zero-order valence-corrected chi connectivity index (χ0v) is 43.6. The number of aryl methyl sites for hydroxylation is 4. The van der Waals surface area contributed by atoms with E-state index in [0.29, 0.717) is 55.2 Å². The van der Waals surface area contributed by atoms with Gasteiger partial charge in [0.05, 0.1) is 78.0 Å². The van der Waals surface area contributed by atoms with Gasteiger partial charge in [0, 0.05) is 40.6 Å². The minimum absolute atomic E-state index is 0. The van der Waals surface area contributed by atoms with Crippen molar-refractivity contribution in [3.8, 4) is 34.9 Å². The van der Waals surface area contributed by atoms with E-state index in [4.69, 9.17) is 30.0 Å². The molecule has 376 valence electrons. The quantitative estimate of drug-likeness (QED) is 0.125. The number of aromatic amines is 2. The Balaban J connectivity index is 0.000000175. The molecule has 4 N–H and O–H groups in total. The highest BCUT2D eigenvalue weighted by Crippen LogP contribution is 2.37. The molecule has 0 saturated carbocycles. The molecule has 13 nitrogen and oxygen atoms in total. The van der Waals surface area contributed by atoms with E-state index < -0.39 is 5.97 Å². The molecule has 0 aliphatic carbocycles. The van der Waals surface area contributed by atoms with E-state index in [1.165, 1.54) is 24.0 Å². The second-order valence-electron chi connectivity index (χ2n) is 20.9. The fourth-order valence-electron chi connectivity index (χ4n) is 10.4. The Morgan fingerprint density at radius 1 is 0.639 bits per heavy atom. The van der Waals surface area contributed by atoms with Crippen LogP contribution in [0.3, 0.4) is 0 Å². The lowest BCUT2D eigenvalue weighted by molar-refractivity contribution is 0.0605. The number of carbonyl (C=O) groups is 2. The fraction of sp³-hybridized carbons (Fsp3) is 0.414. The molecule has 2 saturated heterocycles. The minimum atomic E-state index is -0.918. The molecule has 0 radical (unpaired) electrons. The SMILES string of the molecule is Cc1cc(C)c(-c2nc3c([nH]2)COCC3(C)C)cc1C(=O)N1CCC(c2ccc(C#N)cc2)CC1.Cc1cc(C)c(-c2nc3c([nH]2)COCC3(C)C)cc1C(=O)O.Cl.N#Cc1ccc(C2CCNCC2)cc1. The highest BCUT2D eigenvalue weighted by Gasteiger charge is 2.34. The second-order valence-corrected chi connectivity index (χ2v) is 20.9. The molecule has 0 spiro atoms. The molecule has 72 heavy (non-hydrogen) atoms. The van der Waals surface area contributed by atoms with Gasteiger partial charge in [0.25, 0.3) is 5.91 Å². The van der Waals surface area contributed by atoms with Crippen LogP contribution < -0.4 is 5.32 Å². The van der Waals surface area contributed by atoms with Crippen LogP contribution in [0.2, 0.25) is 0 Å². The molecule has 14 heteroatoms. The summed E-state index contributed by atoms with van der Waals surface area (Å²) in [5.74, 6) is 1.79. The summed E-state index contributed by atoms with van der Waals surface area (Å²) in [6, 6.07) is 27.9. The Morgan fingerprint density at radius 2 is 1.06 bits per heavy atom. The monoisotopic (exact) mass is 990 g/mol. The van der Waals surface area contributed by atoms with Crippen LogP contribution >= 0.6 is 12.4 Å². The molecular formula is C58H67ClN8O5. The largest absolute Gasteiger partial charge is 0.478 e. The van der Waals surface area contributed by atoms with Gasteiger partial charge in [0.15, 0.2) is 0 Å². The van der Waals surface area contributed by atoms with Crippen molar-refractivity contribution in [1.82, 2.24) is 30.2 Å². The summed E-state index contributed by atoms with van der Waals surface area (Å²) in [5, 5.41) is 30.4. The number of H-pyrrole nitrogens is 2. The van der Waals surface area contributed by atoms with Gasteiger partial charge in [0.1, 0.15) is 11.6 Å². The normalized spacial score (nSPS) is 17.0. The van der Waals surface area contributed by atoms with Crippen molar-refractivity contribution >= 4 is 24.3 Å². The third-order valence-electron chi connectivity index (χ3n) is 14.5. The van der Waals surface area contributed by atoms with Crippen LogP contribution in [0.15, 0.2) is 72.8 Å². The topological polar surface area (TPSA) is 193 Å². The molecule has 0 bridgehead atoms. The van der Waals surface area contributed by atoms with Crippen molar-refractivity contribution in [3.63, 3.8) is 0 Å². The maximum atomic E-state index is 13.6. The van der Waals surface area contributed by atoms with Crippen molar-refractivity contribution in [2.45, 2.75) is 117 Å². The third-order valence-corrected chi connectivity index (χ3v) is 14.5. The Kier molecular flexibility index (Phi) is 16.6. The molecule has 0 atom stereocenters. The number of fused-ring (bicyclic) bond motifs is 2. The number of nitrogens with one attached hydrogen (secondary N) is 3. The molecule has 6 heterocycles. The fourth-order valence-corrected chi connectivity index (χ4v) is 10.4. The summed E-state index contributed by atoms with van der Waals surface area (Å²) < 4.78 is 11.4. The van der Waals surface area contributed by atoms with Crippen LogP contribution in [-0.4, -0.2) is 81.2 Å². The Bertz CT molecular complexity index is 3000. The number of carbonyl (C=O) groups excluding carboxylic acids is 1. The molecule has 2 fully saturated rings. The van der Waals surface area contributed by atoms with E-state index in [9.17, 15) is 14.7 Å². The van der Waals surface area contributed by atoms with Crippen molar-refractivity contribution in [2.75, 3.05) is 39.4 Å². The Labute approximate surface area is 429 Å². The average Bonchev–Trinajstić information content (AvgIpc) is 4.02.